The van der Waals surface area contributed by atoms with E-state index >= 15 is 0 Å². The Hall–Kier alpha value is -1.84. The SMILES string of the molecule is CN(C)S(=O)(=O)C[C@@H]1COC[C@H]1NC(=O)CCc1ccc2c(c1)OCO2. The molecule has 1 fully saturated rings. The second-order valence-corrected chi connectivity index (χ2v) is 8.95. The molecule has 1 saturated heterocycles. The molecule has 3 rings (SSSR count). The summed E-state index contributed by atoms with van der Waals surface area (Å²) in [6.45, 7) is 0.891. The van der Waals surface area contributed by atoms with Gasteiger partial charge >= 0.3 is 0 Å². The van der Waals surface area contributed by atoms with Gasteiger partial charge in [-0.25, -0.2) is 12.7 Å². The molecule has 2 atom stereocenters. The van der Waals surface area contributed by atoms with Crippen LogP contribution in [0.25, 0.3) is 0 Å². The number of amides is 1. The zero-order valence-electron chi connectivity index (χ0n) is 14.9. The number of nitrogens with zero attached hydrogens (tertiary/aromatic N) is 1. The van der Waals surface area contributed by atoms with Gasteiger partial charge in [-0.15, -0.1) is 0 Å². The van der Waals surface area contributed by atoms with Crippen LogP contribution < -0.4 is 14.8 Å². The lowest BCUT2D eigenvalue weighted by Gasteiger charge is -2.21. The normalized spacial score (nSPS) is 22.0. The maximum absolute atomic E-state index is 12.3. The van der Waals surface area contributed by atoms with E-state index in [1.165, 1.54) is 18.4 Å². The lowest BCUT2D eigenvalue weighted by molar-refractivity contribution is -0.122. The van der Waals surface area contributed by atoms with Crippen LogP contribution in [-0.4, -0.2) is 64.5 Å². The van der Waals surface area contributed by atoms with Gasteiger partial charge in [-0.3, -0.25) is 4.79 Å². The summed E-state index contributed by atoms with van der Waals surface area (Å²) in [5.41, 5.74) is 0.985. The first-order chi connectivity index (χ1) is 12.3. The maximum Gasteiger partial charge on any atom is 0.231 e. The van der Waals surface area contributed by atoms with Crippen LogP contribution in [-0.2, 0) is 26.0 Å². The van der Waals surface area contributed by atoms with E-state index in [2.05, 4.69) is 5.32 Å². The molecule has 9 heteroatoms. The van der Waals surface area contributed by atoms with Crippen LogP contribution in [0.2, 0.25) is 0 Å². The van der Waals surface area contributed by atoms with E-state index in [-0.39, 0.29) is 30.4 Å². The third-order valence-corrected chi connectivity index (χ3v) is 6.57. The first kappa shape index (κ1) is 18.9. The molecule has 26 heavy (non-hydrogen) atoms. The first-order valence-corrected chi connectivity index (χ1v) is 10.1. The molecular weight excluding hydrogens is 360 g/mol. The van der Waals surface area contributed by atoms with Crippen LogP contribution in [0.3, 0.4) is 0 Å². The summed E-state index contributed by atoms with van der Waals surface area (Å²) in [5.74, 6) is 1.02. The number of carbonyl (C=O) groups excluding carboxylic acids is 1. The van der Waals surface area contributed by atoms with Gasteiger partial charge in [0.05, 0.1) is 25.0 Å². The van der Waals surface area contributed by atoms with Crippen LogP contribution in [0.5, 0.6) is 11.5 Å². The van der Waals surface area contributed by atoms with Crippen molar-refractivity contribution in [2.24, 2.45) is 5.92 Å². The molecule has 2 aliphatic heterocycles. The van der Waals surface area contributed by atoms with Gasteiger partial charge in [0.25, 0.3) is 0 Å². The van der Waals surface area contributed by atoms with Crippen molar-refractivity contribution < 1.29 is 27.4 Å². The maximum atomic E-state index is 12.3. The Morgan fingerprint density at radius 1 is 1.23 bits per heavy atom. The van der Waals surface area contributed by atoms with Crippen molar-refractivity contribution in [3.63, 3.8) is 0 Å². The zero-order valence-corrected chi connectivity index (χ0v) is 15.8. The second kappa shape index (κ2) is 7.81. The summed E-state index contributed by atoms with van der Waals surface area (Å²) in [6.07, 6.45) is 0.875. The van der Waals surface area contributed by atoms with E-state index in [0.29, 0.717) is 37.6 Å². The van der Waals surface area contributed by atoms with E-state index < -0.39 is 10.0 Å². The van der Waals surface area contributed by atoms with Crippen LogP contribution in [0, 0.1) is 5.92 Å². The van der Waals surface area contributed by atoms with Gasteiger partial charge in [0.1, 0.15) is 0 Å². The first-order valence-electron chi connectivity index (χ1n) is 8.51. The molecule has 0 unspecified atom stereocenters. The molecular formula is C17H24N2O6S. The number of benzene rings is 1. The topological polar surface area (TPSA) is 94.2 Å². The number of rotatable bonds is 7. The summed E-state index contributed by atoms with van der Waals surface area (Å²) in [7, 11) is -0.327. The second-order valence-electron chi connectivity index (χ2n) is 6.72. The van der Waals surface area contributed by atoms with Crippen molar-refractivity contribution >= 4 is 15.9 Å². The average molecular weight is 384 g/mol. The molecule has 2 heterocycles. The minimum atomic E-state index is -3.34. The van der Waals surface area contributed by atoms with Crippen molar-refractivity contribution in [1.29, 1.82) is 0 Å². The predicted molar refractivity (Wildman–Crippen MR) is 94.6 cm³/mol. The number of nitrogens with one attached hydrogen (secondary N) is 1. The van der Waals surface area contributed by atoms with Gasteiger partial charge in [-0.2, -0.15) is 0 Å². The summed E-state index contributed by atoms with van der Waals surface area (Å²) in [5, 5.41) is 2.91. The lowest BCUT2D eigenvalue weighted by Crippen LogP contribution is -2.43. The van der Waals surface area contributed by atoms with E-state index in [0.717, 1.165) is 5.56 Å². The molecule has 0 radical (unpaired) electrons. The fourth-order valence-corrected chi connectivity index (χ4v) is 4.14. The molecule has 1 aromatic rings. The van der Waals surface area contributed by atoms with Gasteiger partial charge in [-0.1, -0.05) is 6.07 Å². The highest BCUT2D eigenvalue weighted by Gasteiger charge is 2.34. The number of sulfonamides is 1. The van der Waals surface area contributed by atoms with Crippen molar-refractivity contribution in [3.05, 3.63) is 23.8 Å². The Bertz CT molecular complexity index is 765. The molecule has 8 nitrogen and oxygen atoms in total. The number of fused-ring (bicyclic) bond motifs is 1. The van der Waals surface area contributed by atoms with Crippen LogP contribution >= 0.6 is 0 Å². The minimum absolute atomic E-state index is 0.0346. The van der Waals surface area contributed by atoms with Crippen molar-refractivity contribution in [2.45, 2.75) is 18.9 Å². The van der Waals surface area contributed by atoms with E-state index in [9.17, 15) is 13.2 Å². The Morgan fingerprint density at radius 2 is 2.00 bits per heavy atom. The third kappa shape index (κ3) is 4.46. The fraction of sp³-hybridized carbons (Fsp3) is 0.588. The zero-order chi connectivity index (χ0) is 18.7. The predicted octanol–water partition coefficient (Wildman–Crippen LogP) is 0.371. The Kier molecular flexibility index (Phi) is 5.69. The molecule has 1 N–H and O–H groups in total. The molecule has 0 spiro atoms. The van der Waals surface area contributed by atoms with Crippen molar-refractivity contribution in [1.82, 2.24) is 9.62 Å². The molecule has 1 amide bonds. The summed E-state index contributed by atoms with van der Waals surface area (Å²) >= 11 is 0. The highest BCUT2D eigenvalue weighted by molar-refractivity contribution is 7.89. The van der Waals surface area contributed by atoms with Crippen LogP contribution in [0.4, 0.5) is 0 Å². The molecule has 144 valence electrons. The molecule has 2 aliphatic rings. The standard InChI is InChI=1S/C17H24N2O6S/c1-19(2)26(21,22)10-13-8-23-9-14(13)18-17(20)6-4-12-3-5-15-16(7-12)25-11-24-15/h3,5,7,13-14H,4,6,8-11H2,1-2H3,(H,18,20)/t13-,14+/m0/s1. The largest absolute Gasteiger partial charge is 0.454 e. The smallest absolute Gasteiger partial charge is 0.231 e. The Balaban J connectivity index is 1.51. The van der Waals surface area contributed by atoms with Gasteiger partial charge in [0.2, 0.25) is 22.7 Å². The molecule has 0 bridgehead atoms. The number of ether oxygens (including phenoxy) is 3. The number of hydrogen-bond donors (Lipinski definition) is 1. The van der Waals surface area contributed by atoms with Crippen LogP contribution in [0.1, 0.15) is 12.0 Å². The van der Waals surface area contributed by atoms with E-state index in [1.807, 2.05) is 18.2 Å². The Morgan fingerprint density at radius 3 is 2.77 bits per heavy atom. The highest BCUT2D eigenvalue weighted by Crippen LogP contribution is 2.32. The lowest BCUT2D eigenvalue weighted by atomic mass is 10.1. The third-order valence-electron chi connectivity index (χ3n) is 4.60. The molecule has 1 aromatic carbocycles. The quantitative estimate of drug-likeness (QED) is 0.730. The number of carbonyl (C=O) groups is 1. The average Bonchev–Trinajstić information content (AvgIpc) is 3.21. The van der Waals surface area contributed by atoms with Crippen LogP contribution in [0.15, 0.2) is 18.2 Å². The van der Waals surface area contributed by atoms with Crippen molar-refractivity contribution in [2.75, 3.05) is 39.9 Å². The fourth-order valence-electron chi connectivity index (χ4n) is 2.98. The monoisotopic (exact) mass is 384 g/mol. The molecule has 0 saturated carbocycles. The Labute approximate surface area is 153 Å². The molecule has 0 aromatic heterocycles. The summed E-state index contributed by atoms with van der Waals surface area (Å²) in [6, 6.07) is 5.34. The molecule has 0 aliphatic carbocycles. The summed E-state index contributed by atoms with van der Waals surface area (Å²) in [4.78, 5) is 12.3. The van der Waals surface area contributed by atoms with Crippen molar-refractivity contribution in [3.8, 4) is 11.5 Å². The van der Waals surface area contributed by atoms with Gasteiger partial charge < -0.3 is 19.5 Å². The highest BCUT2D eigenvalue weighted by atomic mass is 32.2. The number of hydrogen-bond acceptors (Lipinski definition) is 6. The van der Waals surface area contributed by atoms with Gasteiger partial charge in [0, 0.05) is 26.4 Å². The van der Waals surface area contributed by atoms with E-state index in [1.54, 1.807) is 0 Å². The van der Waals surface area contributed by atoms with Gasteiger partial charge in [-0.05, 0) is 24.1 Å². The van der Waals surface area contributed by atoms with E-state index in [4.69, 9.17) is 14.2 Å². The number of aryl methyl sites for hydroxylation is 1. The minimum Gasteiger partial charge on any atom is -0.454 e. The van der Waals surface area contributed by atoms with Gasteiger partial charge in [0.15, 0.2) is 11.5 Å². The summed E-state index contributed by atoms with van der Waals surface area (Å²) < 4.78 is 41.3.